The topological polar surface area (TPSA) is 64.1 Å². The number of rotatable bonds is 7. The van der Waals surface area contributed by atoms with Gasteiger partial charge in [-0.05, 0) is 50.3 Å². The van der Waals surface area contributed by atoms with Crippen molar-refractivity contribution in [1.29, 1.82) is 0 Å². The van der Waals surface area contributed by atoms with Gasteiger partial charge in [-0.3, -0.25) is 4.99 Å². The molecule has 1 spiro atoms. The third kappa shape index (κ3) is 4.17. The molecule has 2 N–H and O–H groups in total. The summed E-state index contributed by atoms with van der Waals surface area (Å²) in [6.07, 6.45) is 6.43. The molecule has 2 aliphatic carbocycles. The molecule has 3 unspecified atom stereocenters. The number of benzene rings is 1. The molecule has 0 radical (unpaired) electrons. The van der Waals surface area contributed by atoms with E-state index in [-0.39, 0.29) is 24.0 Å². The lowest BCUT2D eigenvalue weighted by atomic mass is 9.46. The number of ether oxygens (including phenoxy) is 3. The van der Waals surface area contributed by atoms with Crippen LogP contribution < -0.4 is 20.1 Å². The summed E-state index contributed by atoms with van der Waals surface area (Å²) in [5.74, 6) is 3.11. The summed E-state index contributed by atoms with van der Waals surface area (Å²) in [4.78, 5) is 4.85. The maximum atomic E-state index is 6.04. The van der Waals surface area contributed by atoms with Crippen molar-refractivity contribution in [2.45, 2.75) is 51.2 Å². The maximum Gasteiger partial charge on any atom is 0.191 e. The lowest BCUT2D eigenvalue weighted by Crippen LogP contribution is -2.72. The number of halogens is 1. The molecule has 7 heteroatoms. The van der Waals surface area contributed by atoms with Crippen LogP contribution in [-0.2, 0) is 11.2 Å². The first-order valence-corrected chi connectivity index (χ1v) is 10.6. The van der Waals surface area contributed by atoms with Crippen molar-refractivity contribution < 1.29 is 14.2 Å². The summed E-state index contributed by atoms with van der Waals surface area (Å²) in [7, 11) is 3.33. The largest absolute Gasteiger partial charge is 0.493 e. The number of guanidine groups is 1. The van der Waals surface area contributed by atoms with E-state index in [1.165, 1.54) is 31.2 Å². The average molecular weight is 515 g/mol. The number of nitrogens with zero attached hydrogens (tertiary/aromatic N) is 1. The number of hydrogen-bond donors (Lipinski definition) is 2. The van der Waals surface area contributed by atoms with Crippen LogP contribution in [0.3, 0.4) is 0 Å². The third-order valence-electron chi connectivity index (χ3n) is 6.79. The van der Waals surface area contributed by atoms with E-state index in [1.807, 2.05) is 12.1 Å². The molecular weight excluding hydrogens is 481 g/mol. The summed E-state index contributed by atoms with van der Waals surface area (Å²) in [5.41, 5.74) is 1.56. The first kappa shape index (κ1) is 22.5. The first-order valence-electron chi connectivity index (χ1n) is 10.6. The second-order valence-electron chi connectivity index (χ2n) is 8.15. The van der Waals surface area contributed by atoms with Crippen LogP contribution in [0.15, 0.2) is 23.2 Å². The Labute approximate surface area is 191 Å². The minimum Gasteiger partial charge on any atom is -0.493 e. The number of aliphatic imine (C=N–C) groups is 1. The molecule has 2 saturated carbocycles. The molecule has 3 fully saturated rings. The van der Waals surface area contributed by atoms with Gasteiger partial charge in [0.25, 0.3) is 0 Å². The second-order valence-corrected chi connectivity index (χ2v) is 8.15. The van der Waals surface area contributed by atoms with Gasteiger partial charge in [-0.25, -0.2) is 0 Å². The Morgan fingerprint density at radius 3 is 2.69 bits per heavy atom. The van der Waals surface area contributed by atoms with Crippen LogP contribution in [0.1, 0.15) is 38.2 Å². The molecule has 1 aromatic carbocycles. The van der Waals surface area contributed by atoms with Gasteiger partial charge in [-0.2, -0.15) is 0 Å². The van der Waals surface area contributed by atoms with Crippen LogP contribution in [0.2, 0.25) is 0 Å². The zero-order valence-electron chi connectivity index (χ0n) is 17.7. The SMILES string of the molecule is CCNC(=NCCc1ccc(OC)c(OC)c1)NC1C2CCOC2C12CCC2.I. The summed E-state index contributed by atoms with van der Waals surface area (Å²) >= 11 is 0. The fourth-order valence-electron chi connectivity index (χ4n) is 5.26. The standard InChI is InChI=1S/C22H33N3O3.HI/c1-4-23-21(24-12-8-15-6-7-17(26-2)18(14-15)27-3)25-19-16-9-13-28-20(16)22(19)10-5-11-22;/h6-7,14,16,19-20H,4-5,8-13H2,1-3H3,(H2,23,24,25);1H. The molecular formula is C22H34IN3O3. The van der Waals surface area contributed by atoms with Gasteiger partial charge in [0.15, 0.2) is 17.5 Å². The van der Waals surface area contributed by atoms with Gasteiger partial charge in [-0.1, -0.05) is 12.5 Å². The van der Waals surface area contributed by atoms with Crippen LogP contribution in [0.5, 0.6) is 11.5 Å². The van der Waals surface area contributed by atoms with Gasteiger partial charge in [0.05, 0.1) is 20.3 Å². The molecule has 1 aromatic rings. The predicted molar refractivity (Wildman–Crippen MR) is 126 cm³/mol. The van der Waals surface area contributed by atoms with Crippen molar-refractivity contribution in [1.82, 2.24) is 10.6 Å². The van der Waals surface area contributed by atoms with E-state index in [4.69, 9.17) is 19.2 Å². The minimum absolute atomic E-state index is 0. The van der Waals surface area contributed by atoms with Crippen molar-refractivity contribution in [2.75, 3.05) is 33.9 Å². The van der Waals surface area contributed by atoms with Gasteiger partial charge in [0.2, 0.25) is 0 Å². The highest BCUT2D eigenvalue weighted by molar-refractivity contribution is 14.0. The number of fused-ring (bicyclic) bond motifs is 2. The molecule has 4 rings (SSSR count). The highest BCUT2D eigenvalue weighted by atomic mass is 127. The van der Waals surface area contributed by atoms with Gasteiger partial charge in [0.1, 0.15) is 0 Å². The van der Waals surface area contributed by atoms with E-state index in [9.17, 15) is 0 Å². The fraction of sp³-hybridized carbons (Fsp3) is 0.682. The number of hydrogen-bond acceptors (Lipinski definition) is 4. The quantitative estimate of drug-likeness (QED) is 0.331. The van der Waals surface area contributed by atoms with E-state index < -0.39 is 0 Å². The third-order valence-corrected chi connectivity index (χ3v) is 6.79. The Morgan fingerprint density at radius 1 is 1.24 bits per heavy atom. The van der Waals surface area contributed by atoms with E-state index in [0.717, 1.165) is 43.6 Å². The van der Waals surface area contributed by atoms with Gasteiger partial charge >= 0.3 is 0 Å². The predicted octanol–water partition coefficient (Wildman–Crippen LogP) is 3.38. The zero-order valence-corrected chi connectivity index (χ0v) is 20.0. The van der Waals surface area contributed by atoms with Crippen molar-refractivity contribution >= 4 is 29.9 Å². The monoisotopic (exact) mass is 515 g/mol. The highest BCUT2D eigenvalue weighted by Crippen LogP contribution is 2.62. The lowest BCUT2D eigenvalue weighted by molar-refractivity contribution is -0.171. The number of methoxy groups -OCH3 is 2. The Morgan fingerprint density at radius 2 is 2.03 bits per heavy atom. The van der Waals surface area contributed by atoms with Crippen molar-refractivity contribution in [2.24, 2.45) is 16.3 Å². The Kier molecular flexibility index (Phi) is 7.53. The Balaban J connectivity index is 0.00000240. The van der Waals surface area contributed by atoms with E-state index >= 15 is 0 Å². The normalized spacial score (nSPS) is 26.6. The fourth-order valence-corrected chi connectivity index (χ4v) is 5.26. The first-order chi connectivity index (χ1) is 13.7. The molecule has 0 aromatic heterocycles. The van der Waals surface area contributed by atoms with Crippen molar-refractivity contribution in [3.8, 4) is 11.5 Å². The van der Waals surface area contributed by atoms with Gasteiger partial charge in [-0.15, -0.1) is 24.0 Å². The lowest BCUT2D eigenvalue weighted by Gasteiger charge is -2.63. The summed E-state index contributed by atoms with van der Waals surface area (Å²) in [5, 5.41) is 7.19. The van der Waals surface area contributed by atoms with Crippen LogP contribution in [0.4, 0.5) is 0 Å². The molecule has 0 amide bonds. The van der Waals surface area contributed by atoms with Gasteiger partial charge in [0, 0.05) is 37.1 Å². The molecule has 1 saturated heterocycles. The molecule has 3 aliphatic rings. The molecule has 1 aliphatic heterocycles. The maximum absolute atomic E-state index is 6.04. The summed E-state index contributed by atoms with van der Waals surface area (Å²) < 4.78 is 16.8. The molecule has 29 heavy (non-hydrogen) atoms. The van der Waals surface area contributed by atoms with Gasteiger partial charge < -0.3 is 24.8 Å². The second kappa shape index (κ2) is 9.73. The highest BCUT2D eigenvalue weighted by Gasteiger charge is 2.66. The van der Waals surface area contributed by atoms with E-state index in [1.54, 1.807) is 14.2 Å². The zero-order chi connectivity index (χ0) is 19.6. The van der Waals surface area contributed by atoms with Crippen LogP contribution >= 0.6 is 24.0 Å². The molecule has 0 bridgehead atoms. The molecule has 162 valence electrons. The van der Waals surface area contributed by atoms with E-state index in [2.05, 4.69) is 23.6 Å². The Hall–Kier alpha value is -1.22. The minimum atomic E-state index is 0. The van der Waals surface area contributed by atoms with Crippen LogP contribution in [0.25, 0.3) is 0 Å². The molecule has 6 nitrogen and oxygen atoms in total. The Bertz CT molecular complexity index is 723. The van der Waals surface area contributed by atoms with Crippen molar-refractivity contribution in [3.63, 3.8) is 0 Å². The van der Waals surface area contributed by atoms with Crippen LogP contribution in [-0.4, -0.2) is 52.0 Å². The number of nitrogens with one attached hydrogen (secondary N) is 2. The average Bonchev–Trinajstić information content (AvgIpc) is 3.09. The molecule has 1 heterocycles. The summed E-state index contributed by atoms with van der Waals surface area (Å²) in [6.45, 7) is 4.64. The van der Waals surface area contributed by atoms with Crippen LogP contribution in [0, 0.1) is 11.3 Å². The van der Waals surface area contributed by atoms with Crippen molar-refractivity contribution in [3.05, 3.63) is 23.8 Å². The van der Waals surface area contributed by atoms with E-state index in [0.29, 0.717) is 23.5 Å². The summed E-state index contributed by atoms with van der Waals surface area (Å²) in [6, 6.07) is 6.57. The smallest absolute Gasteiger partial charge is 0.191 e. The molecule has 3 atom stereocenters.